The summed E-state index contributed by atoms with van der Waals surface area (Å²) in [6.07, 6.45) is 0. The number of hydrogen-bond donors (Lipinski definition) is 2. The summed E-state index contributed by atoms with van der Waals surface area (Å²) in [5.41, 5.74) is -0.447. The predicted molar refractivity (Wildman–Crippen MR) is 77.2 cm³/mol. The van der Waals surface area contributed by atoms with Gasteiger partial charge in [0.15, 0.2) is 0 Å². The first kappa shape index (κ1) is 15.1. The summed E-state index contributed by atoms with van der Waals surface area (Å²) in [4.78, 5) is 22.1. The van der Waals surface area contributed by atoms with Crippen molar-refractivity contribution in [1.29, 1.82) is 0 Å². The molecule has 0 aromatic heterocycles. The van der Waals surface area contributed by atoms with Crippen molar-refractivity contribution in [3.8, 4) is 11.5 Å². The van der Waals surface area contributed by atoms with Crippen molar-refractivity contribution in [2.75, 3.05) is 0 Å². The zero-order chi connectivity index (χ0) is 16.1. The Labute approximate surface area is 125 Å². The fourth-order valence-electron chi connectivity index (χ4n) is 1.68. The van der Waals surface area contributed by atoms with Gasteiger partial charge in [-0.25, -0.2) is 9.59 Å². The van der Waals surface area contributed by atoms with E-state index in [0.717, 1.165) is 6.07 Å². The number of carbonyl (C=O) groups is 2. The number of carboxylic acids is 2. The predicted octanol–water partition coefficient (Wildman–Crippen LogP) is 3.01. The van der Waals surface area contributed by atoms with E-state index in [1.165, 1.54) is 12.1 Å². The molecule has 2 N–H and O–H groups in total. The van der Waals surface area contributed by atoms with Gasteiger partial charge >= 0.3 is 11.9 Å². The van der Waals surface area contributed by atoms with Crippen LogP contribution >= 0.6 is 0 Å². The molecule has 0 unspecified atom stereocenters. The van der Waals surface area contributed by atoms with Crippen molar-refractivity contribution in [1.82, 2.24) is 0 Å². The van der Waals surface area contributed by atoms with E-state index < -0.39 is 11.9 Å². The van der Waals surface area contributed by atoms with Crippen LogP contribution in [0, 0.1) is 0 Å². The fourth-order valence-corrected chi connectivity index (χ4v) is 1.68. The number of benzene rings is 2. The number of ether oxygens (including phenoxy) is 2. The summed E-state index contributed by atoms with van der Waals surface area (Å²) in [6.45, 7) is 3.55. The third-order valence-electron chi connectivity index (χ3n) is 2.66. The molecule has 0 fully saturated rings. The fraction of sp³-hybridized carbons (Fsp3) is 0. The molecule has 0 aliphatic rings. The van der Waals surface area contributed by atoms with Crippen LogP contribution in [0.25, 0.3) is 0 Å². The zero-order valence-electron chi connectivity index (χ0n) is 11.4. The largest absolute Gasteiger partial charge is 0.478 e. The molecule has 0 aliphatic carbocycles. The SMILES string of the molecule is C=C(Oc1ccccc1)Oc1ccc(C(=O)O)cc1C(=O)O. The monoisotopic (exact) mass is 300 g/mol. The maximum Gasteiger partial charge on any atom is 0.339 e. The number of hydrogen-bond acceptors (Lipinski definition) is 4. The number of rotatable bonds is 6. The molecule has 0 atom stereocenters. The highest BCUT2D eigenvalue weighted by molar-refractivity contribution is 5.95. The third kappa shape index (κ3) is 3.63. The Morgan fingerprint density at radius 3 is 2.18 bits per heavy atom. The van der Waals surface area contributed by atoms with Crippen molar-refractivity contribution >= 4 is 11.9 Å². The van der Waals surface area contributed by atoms with Crippen LogP contribution in [0.3, 0.4) is 0 Å². The summed E-state index contributed by atoms with van der Waals surface area (Å²) in [5, 5.41) is 18.0. The molecule has 0 saturated carbocycles. The van der Waals surface area contributed by atoms with Gasteiger partial charge in [0, 0.05) is 0 Å². The molecule has 6 heteroatoms. The summed E-state index contributed by atoms with van der Waals surface area (Å²) >= 11 is 0. The number of para-hydroxylation sites is 1. The van der Waals surface area contributed by atoms with E-state index in [1.54, 1.807) is 24.3 Å². The second-order valence-electron chi connectivity index (χ2n) is 4.21. The van der Waals surface area contributed by atoms with E-state index in [2.05, 4.69) is 6.58 Å². The van der Waals surface area contributed by atoms with Crippen LogP contribution in [-0.4, -0.2) is 22.2 Å². The van der Waals surface area contributed by atoms with Gasteiger partial charge in [0.1, 0.15) is 17.1 Å². The van der Waals surface area contributed by atoms with Crippen molar-refractivity contribution in [2.45, 2.75) is 0 Å². The maximum absolute atomic E-state index is 11.2. The average Bonchev–Trinajstić information content (AvgIpc) is 2.48. The van der Waals surface area contributed by atoms with Crippen LogP contribution < -0.4 is 9.47 Å². The van der Waals surface area contributed by atoms with E-state index >= 15 is 0 Å². The lowest BCUT2D eigenvalue weighted by atomic mass is 10.1. The second-order valence-corrected chi connectivity index (χ2v) is 4.21. The van der Waals surface area contributed by atoms with Crippen molar-refractivity contribution in [3.05, 3.63) is 72.2 Å². The van der Waals surface area contributed by atoms with Gasteiger partial charge in [0.05, 0.1) is 5.56 Å². The van der Waals surface area contributed by atoms with Gasteiger partial charge in [0.2, 0.25) is 0 Å². The summed E-state index contributed by atoms with van der Waals surface area (Å²) in [6, 6.07) is 12.2. The second kappa shape index (κ2) is 6.45. The Kier molecular flexibility index (Phi) is 4.43. The average molecular weight is 300 g/mol. The molecule has 2 aromatic rings. The summed E-state index contributed by atoms with van der Waals surface area (Å²) in [5.74, 6) is -2.25. The lowest BCUT2D eigenvalue weighted by Crippen LogP contribution is -2.08. The standard InChI is InChI=1S/C16H12O6/c1-10(21-12-5-3-2-4-6-12)22-14-8-7-11(15(17)18)9-13(14)16(19)20/h2-9H,1H2,(H,17,18)(H,19,20). The van der Waals surface area contributed by atoms with Crippen LogP contribution in [0.1, 0.15) is 20.7 Å². The molecule has 0 saturated heterocycles. The first-order chi connectivity index (χ1) is 10.5. The van der Waals surface area contributed by atoms with E-state index in [-0.39, 0.29) is 22.8 Å². The summed E-state index contributed by atoms with van der Waals surface area (Å²) < 4.78 is 10.6. The maximum atomic E-state index is 11.2. The van der Waals surface area contributed by atoms with Gasteiger partial charge in [-0.05, 0) is 36.9 Å². The normalized spacial score (nSPS) is 9.82. The molecule has 112 valence electrons. The minimum Gasteiger partial charge on any atom is -0.478 e. The first-order valence-electron chi connectivity index (χ1n) is 6.17. The van der Waals surface area contributed by atoms with Crippen molar-refractivity contribution in [2.24, 2.45) is 0 Å². The number of carboxylic acid groups (broad SMARTS) is 2. The highest BCUT2D eigenvalue weighted by Crippen LogP contribution is 2.23. The van der Waals surface area contributed by atoms with E-state index in [9.17, 15) is 9.59 Å². The van der Waals surface area contributed by atoms with Crippen LogP contribution in [0.15, 0.2) is 61.1 Å². The minimum atomic E-state index is -1.31. The molecule has 0 amide bonds. The molecule has 6 nitrogen and oxygen atoms in total. The highest BCUT2D eigenvalue weighted by atomic mass is 16.7. The Balaban J connectivity index is 2.20. The van der Waals surface area contributed by atoms with E-state index in [4.69, 9.17) is 19.7 Å². The quantitative estimate of drug-likeness (QED) is 0.796. The molecule has 2 rings (SSSR count). The minimum absolute atomic E-state index is 0.0570. The van der Waals surface area contributed by atoms with Gasteiger partial charge < -0.3 is 19.7 Å². The lowest BCUT2D eigenvalue weighted by Gasteiger charge is -2.12. The van der Waals surface area contributed by atoms with Crippen LogP contribution in [-0.2, 0) is 0 Å². The van der Waals surface area contributed by atoms with Gasteiger partial charge in [0.25, 0.3) is 5.95 Å². The van der Waals surface area contributed by atoms with E-state index in [0.29, 0.717) is 5.75 Å². The van der Waals surface area contributed by atoms with Gasteiger partial charge in [-0.15, -0.1) is 0 Å². The third-order valence-corrected chi connectivity index (χ3v) is 2.66. The molecular weight excluding hydrogens is 288 g/mol. The van der Waals surface area contributed by atoms with E-state index in [1.807, 2.05) is 6.07 Å². The first-order valence-corrected chi connectivity index (χ1v) is 6.17. The Hall–Kier alpha value is -3.28. The molecule has 22 heavy (non-hydrogen) atoms. The molecule has 0 radical (unpaired) electrons. The zero-order valence-corrected chi connectivity index (χ0v) is 11.4. The van der Waals surface area contributed by atoms with Crippen molar-refractivity contribution < 1.29 is 29.3 Å². The van der Waals surface area contributed by atoms with Gasteiger partial charge in [-0.1, -0.05) is 18.2 Å². The van der Waals surface area contributed by atoms with Crippen LogP contribution in [0.5, 0.6) is 11.5 Å². The molecule has 0 heterocycles. The molecule has 0 aliphatic heterocycles. The smallest absolute Gasteiger partial charge is 0.339 e. The van der Waals surface area contributed by atoms with Gasteiger partial charge in [-0.3, -0.25) is 0 Å². The van der Waals surface area contributed by atoms with Crippen molar-refractivity contribution in [3.63, 3.8) is 0 Å². The summed E-state index contributed by atoms with van der Waals surface area (Å²) in [7, 11) is 0. The topological polar surface area (TPSA) is 93.1 Å². The Morgan fingerprint density at radius 1 is 0.909 bits per heavy atom. The molecule has 2 aromatic carbocycles. The molecule has 0 bridgehead atoms. The van der Waals surface area contributed by atoms with Crippen LogP contribution in [0.4, 0.5) is 0 Å². The van der Waals surface area contributed by atoms with Crippen LogP contribution in [0.2, 0.25) is 0 Å². The Morgan fingerprint density at radius 2 is 1.59 bits per heavy atom. The molecule has 0 spiro atoms. The Bertz CT molecular complexity index is 721. The number of aromatic carboxylic acids is 2. The van der Waals surface area contributed by atoms with Gasteiger partial charge in [-0.2, -0.15) is 0 Å². The molecular formula is C16H12O6. The highest BCUT2D eigenvalue weighted by Gasteiger charge is 2.16. The lowest BCUT2D eigenvalue weighted by molar-refractivity contribution is 0.0692.